The number of aryl methyl sites for hydroxylation is 1. The second kappa shape index (κ2) is 8.16. The van der Waals surface area contributed by atoms with Crippen molar-refractivity contribution in [2.24, 2.45) is 0 Å². The summed E-state index contributed by atoms with van der Waals surface area (Å²) in [6.45, 7) is 4.42. The van der Waals surface area contributed by atoms with Gasteiger partial charge in [-0.15, -0.1) is 11.3 Å². The van der Waals surface area contributed by atoms with Crippen LogP contribution in [0.3, 0.4) is 0 Å². The minimum absolute atomic E-state index is 0.116. The number of carbonyl (C=O) groups excluding carboxylic acids is 2. The Bertz CT molecular complexity index is 1150. The number of ether oxygens (including phenoxy) is 1. The molecule has 0 radical (unpaired) electrons. The zero-order chi connectivity index (χ0) is 21.1. The average Bonchev–Trinajstić information content (AvgIpc) is 3.21. The maximum absolute atomic E-state index is 12.6. The van der Waals surface area contributed by atoms with Crippen molar-refractivity contribution in [2.75, 3.05) is 11.9 Å². The molecular weight excluding hydrogens is 392 g/mol. The van der Waals surface area contributed by atoms with E-state index in [-0.39, 0.29) is 22.9 Å². The summed E-state index contributed by atoms with van der Waals surface area (Å²) in [6, 6.07) is 9.08. The van der Waals surface area contributed by atoms with Crippen LogP contribution in [0.4, 0.5) is 5.00 Å². The number of aromatic nitrogens is 2. The average molecular weight is 410 g/mol. The Balaban J connectivity index is 1.83. The third-order valence-electron chi connectivity index (χ3n) is 4.25. The topological polar surface area (TPSA) is 128 Å². The van der Waals surface area contributed by atoms with Gasteiger partial charge in [0.05, 0.1) is 16.6 Å². The summed E-state index contributed by atoms with van der Waals surface area (Å²) in [7, 11) is 0. The molecule has 9 heteroatoms. The lowest BCUT2D eigenvalue weighted by Crippen LogP contribution is -2.13. The molecule has 1 amide bonds. The van der Waals surface area contributed by atoms with E-state index >= 15 is 0 Å². The van der Waals surface area contributed by atoms with Gasteiger partial charge >= 0.3 is 5.97 Å². The predicted octanol–water partition coefficient (Wildman–Crippen LogP) is 3.85. The van der Waals surface area contributed by atoms with E-state index in [0.29, 0.717) is 21.6 Å². The van der Waals surface area contributed by atoms with Crippen molar-refractivity contribution in [1.82, 2.24) is 9.97 Å². The fraction of sp³-hybridized carbons (Fsp3) is 0.200. The molecule has 0 spiro atoms. The highest BCUT2D eigenvalue weighted by atomic mass is 32.1. The Morgan fingerprint density at radius 3 is 2.72 bits per heavy atom. The number of hydrogen-bond donors (Lipinski definition) is 3. The lowest BCUT2D eigenvalue weighted by atomic mass is 10.1. The van der Waals surface area contributed by atoms with Crippen LogP contribution in [-0.4, -0.2) is 33.6 Å². The number of benzene rings is 1. The van der Waals surface area contributed by atoms with Crippen LogP contribution in [0.1, 0.15) is 33.5 Å². The second-order valence-electron chi connectivity index (χ2n) is 6.28. The van der Waals surface area contributed by atoms with E-state index in [0.717, 1.165) is 4.88 Å². The first-order valence-corrected chi connectivity index (χ1v) is 9.45. The van der Waals surface area contributed by atoms with Crippen molar-refractivity contribution in [3.8, 4) is 6.07 Å². The van der Waals surface area contributed by atoms with Crippen molar-refractivity contribution in [2.45, 2.75) is 20.8 Å². The lowest BCUT2D eigenvalue weighted by molar-refractivity contribution is -0.114. The molecule has 0 unspecified atom stereocenters. The van der Waals surface area contributed by atoms with Crippen LogP contribution in [0.25, 0.3) is 16.6 Å². The van der Waals surface area contributed by atoms with Gasteiger partial charge in [-0.2, -0.15) is 5.26 Å². The number of aliphatic hydroxyl groups excluding tert-OH is 1. The quantitative estimate of drug-likeness (QED) is 0.333. The van der Waals surface area contributed by atoms with Crippen molar-refractivity contribution in [1.29, 1.82) is 5.26 Å². The number of aliphatic hydroxyl groups is 1. The first kappa shape index (κ1) is 20.1. The van der Waals surface area contributed by atoms with Gasteiger partial charge < -0.3 is 20.1 Å². The summed E-state index contributed by atoms with van der Waals surface area (Å²) in [5, 5.41) is 22.8. The van der Waals surface area contributed by atoms with E-state index in [1.807, 2.05) is 25.1 Å². The van der Waals surface area contributed by atoms with Gasteiger partial charge in [0.1, 0.15) is 23.3 Å². The minimum Gasteiger partial charge on any atom is -0.507 e. The van der Waals surface area contributed by atoms with Gasteiger partial charge in [0.25, 0.3) is 0 Å². The molecule has 3 rings (SSSR count). The molecule has 2 heterocycles. The molecule has 148 valence electrons. The Morgan fingerprint density at radius 2 is 2.07 bits per heavy atom. The first-order chi connectivity index (χ1) is 13.8. The zero-order valence-electron chi connectivity index (χ0n) is 16.0. The molecule has 29 heavy (non-hydrogen) atoms. The summed E-state index contributed by atoms with van der Waals surface area (Å²) in [5.41, 5.74) is 2.16. The fourth-order valence-corrected chi connectivity index (χ4v) is 3.82. The lowest BCUT2D eigenvalue weighted by Gasteiger charge is -2.08. The van der Waals surface area contributed by atoms with Crippen LogP contribution in [0.2, 0.25) is 0 Å². The molecule has 8 nitrogen and oxygen atoms in total. The number of fused-ring (bicyclic) bond motifs is 1. The van der Waals surface area contributed by atoms with E-state index in [9.17, 15) is 20.0 Å². The van der Waals surface area contributed by atoms with Crippen molar-refractivity contribution in [3.05, 3.63) is 51.9 Å². The summed E-state index contributed by atoms with van der Waals surface area (Å²) in [4.78, 5) is 32.0. The highest BCUT2D eigenvalue weighted by Crippen LogP contribution is 2.33. The van der Waals surface area contributed by atoms with E-state index in [1.165, 1.54) is 18.3 Å². The number of H-pyrrole nitrogens is 1. The van der Waals surface area contributed by atoms with Crippen LogP contribution in [0, 0.1) is 25.2 Å². The molecule has 3 aromatic rings. The summed E-state index contributed by atoms with van der Waals surface area (Å²) < 4.78 is 5.20. The predicted molar refractivity (Wildman–Crippen MR) is 110 cm³/mol. The Morgan fingerprint density at radius 1 is 1.34 bits per heavy atom. The van der Waals surface area contributed by atoms with E-state index in [2.05, 4.69) is 15.3 Å². The molecule has 0 saturated heterocycles. The number of hydrogen-bond acceptors (Lipinski definition) is 7. The third-order valence-corrected chi connectivity index (χ3v) is 5.37. The number of imidazole rings is 1. The van der Waals surface area contributed by atoms with E-state index in [1.54, 1.807) is 19.1 Å². The summed E-state index contributed by atoms with van der Waals surface area (Å²) in [6.07, 6.45) is 0. The molecule has 0 aliphatic rings. The second-order valence-corrected chi connectivity index (χ2v) is 7.51. The molecule has 0 aliphatic carbocycles. The number of allylic oxidation sites excluding steroid dienone is 1. The van der Waals surface area contributed by atoms with Gasteiger partial charge in [-0.25, -0.2) is 9.78 Å². The molecule has 0 aliphatic heterocycles. The van der Waals surface area contributed by atoms with Crippen LogP contribution >= 0.6 is 11.3 Å². The number of para-hydroxylation sites is 2. The maximum atomic E-state index is 12.6. The number of thiophene rings is 1. The molecule has 1 aromatic carbocycles. The van der Waals surface area contributed by atoms with Crippen LogP contribution in [0.5, 0.6) is 0 Å². The standard InChI is InChI=1S/C20H18N4O4S/c1-10-11(2)29-19(22-12(3)25)17(10)20(27)28-9-16(26)13(8-21)18-23-14-6-4-5-7-15(14)24-18/h4-7,26H,9H2,1-3H3,(H,22,25)(H,23,24)/b16-13-. The maximum Gasteiger partial charge on any atom is 0.341 e. The fourth-order valence-electron chi connectivity index (χ4n) is 2.72. The number of anilines is 1. The van der Waals surface area contributed by atoms with Crippen molar-refractivity contribution < 1.29 is 19.4 Å². The number of nitriles is 1. The number of aromatic amines is 1. The highest BCUT2D eigenvalue weighted by molar-refractivity contribution is 7.16. The van der Waals surface area contributed by atoms with Crippen molar-refractivity contribution in [3.63, 3.8) is 0 Å². The highest BCUT2D eigenvalue weighted by Gasteiger charge is 2.23. The van der Waals surface area contributed by atoms with Gasteiger partial charge in [-0.05, 0) is 31.5 Å². The van der Waals surface area contributed by atoms with Gasteiger partial charge in [-0.1, -0.05) is 12.1 Å². The van der Waals surface area contributed by atoms with Crippen LogP contribution < -0.4 is 5.32 Å². The molecule has 0 saturated carbocycles. The molecule has 2 aromatic heterocycles. The number of esters is 1. The molecule has 3 N–H and O–H groups in total. The van der Waals surface area contributed by atoms with Gasteiger partial charge in [0.2, 0.25) is 5.91 Å². The molecule has 0 fully saturated rings. The van der Waals surface area contributed by atoms with E-state index in [4.69, 9.17) is 4.74 Å². The van der Waals surface area contributed by atoms with Gasteiger partial charge in [-0.3, -0.25) is 4.79 Å². The Labute approximate surface area is 170 Å². The Kier molecular flexibility index (Phi) is 5.66. The van der Waals surface area contributed by atoms with Gasteiger partial charge in [0.15, 0.2) is 11.6 Å². The number of nitrogens with one attached hydrogen (secondary N) is 2. The smallest absolute Gasteiger partial charge is 0.341 e. The van der Waals surface area contributed by atoms with E-state index < -0.39 is 18.3 Å². The monoisotopic (exact) mass is 410 g/mol. The minimum atomic E-state index is -0.705. The van der Waals surface area contributed by atoms with Crippen LogP contribution in [-0.2, 0) is 9.53 Å². The number of nitrogens with zero attached hydrogens (tertiary/aromatic N) is 2. The zero-order valence-corrected chi connectivity index (χ0v) is 16.8. The van der Waals surface area contributed by atoms with Gasteiger partial charge in [0, 0.05) is 11.8 Å². The molecule has 0 atom stereocenters. The normalized spacial score (nSPS) is 11.7. The third kappa shape index (κ3) is 4.12. The summed E-state index contributed by atoms with van der Waals surface area (Å²) >= 11 is 1.27. The molecular formula is C20H18N4O4S. The first-order valence-electron chi connectivity index (χ1n) is 8.63. The van der Waals surface area contributed by atoms with Crippen molar-refractivity contribution >= 4 is 44.8 Å². The Hall–Kier alpha value is -3.64. The molecule has 0 bridgehead atoms. The number of amides is 1. The SMILES string of the molecule is CC(=O)Nc1sc(C)c(C)c1C(=O)OC/C(O)=C(\C#N)c1nc2ccccc2[nH]1. The summed E-state index contributed by atoms with van der Waals surface area (Å²) in [5.74, 6) is -1.25. The number of rotatable bonds is 5. The number of carbonyl (C=O) groups is 2. The largest absolute Gasteiger partial charge is 0.507 e. The van der Waals surface area contributed by atoms with Crippen LogP contribution in [0.15, 0.2) is 30.0 Å².